The zero-order chi connectivity index (χ0) is 15.2. The molecular formula is C16H16N2O3. The Kier molecular flexibility index (Phi) is 4.75. The van der Waals surface area contributed by atoms with Gasteiger partial charge >= 0.3 is 0 Å². The van der Waals surface area contributed by atoms with Gasteiger partial charge in [-0.1, -0.05) is 17.9 Å². The van der Waals surface area contributed by atoms with E-state index in [1.807, 2.05) is 25.1 Å². The molecule has 5 heteroatoms. The largest absolute Gasteiger partial charge is 0.438 e. The molecule has 0 unspecified atom stereocenters. The molecule has 1 amide bonds. The predicted octanol–water partition coefficient (Wildman–Crippen LogP) is 2.28. The summed E-state index contributed by atoms with van der Waals surface area (Å²) in [6.07, 6.45) is 1.63. The average molecular weight is 284 g/mol. The highest BCUT2D eigenvalue weighted by Gasteiger charge is 2.15. The fourth-order valence-corrected chi connectivity index (χ4v) is 1.78. The van der Waals surface area contributed by atoms with Crippen molar-refractivity contribution < 1.29 is 14.3 Å². The van der Waals surface area contributed by atoms with Crippen LogP contribution in [-0.2, 0) is 0 Å². The number of hydrogen-bond acceptors (Lipinski definition) is 4. The molecule has 0 aliphatic rings. The van der Waals surface area contributed by atoms with Crippen molar-refractivity contribution >= 4 is 11.6 Å². The summed E-state index contributed by atoms with van der Waals surface area (Å²) in [5, 5.41) is 11.6. The van der Waals surface area contributed by atoms with Crippen molar-refractivity contribution in [2.24, 2.45) is 0 Å². The smallest absolute Gasteiger partial charge is 0.293 e. The third kappa shape index (κ3) is 3.71. The van der Waals surface area contributed by atoms with Crippen molar-refractivity contribution in [1.82, 2.24) is 4.98 Å². The first kappa shape index (κ1) is 14.8. The molecule has 0 aliphatic carbocycles. The molecule has 0 spiro atoms. The maximum atomic E-state index is 12.2. The van der Waals surface area contributed by atoms with E-state index in [-0.39, 0.29) is 18.3 Å². The molecule has 2 N–H and O–H groups in total. The van der Waals surface area contributed by atoms with Crippen molar-refractivity contribution in [3.8, 4) is 11.8 Å². The minimum Gasteiger partial charge on any atom is -0.438 e. The summed E-state index contributed by atoms with van der Waals surface area (Å²) in [7, 11) is 0. The van der Waals surface area contributed by atoms with Crippen molar-refractivity contribution in [2.45, 2.75) is 20.3 Å². The molecular weight excluding hydrogens is 268 g/mol. The van der Waals surface area contributed by atoms with Crippen LogP contribution < -0.4 is 5.32 Å². The number of aliphatic hydroxyl groups is 1. The van der Waals surface area contributed by atoms with Gasteiger partial charge in [0.05, 0.1) is 18.0 Å². The van der Waals surface area contributed by atoms with E-state index in [4.69, 9.17) is 9.52 Å². The molecule has 1 aromatic heterocycles. The Morgan fingerprint density at radius 2 is 2.24 bits per heavy atom. The van der Waals surface area contributed by atoms with E-state index >= 15 is 0 Å². The van der Waals surface area contributed by atoms with Gasteiger partial charge in [-0.25, -0.2) is 4.98 Å². The van der Waals surface area contributed by atoms with Gasteiger partial charge in [-0.3, -0.25) is 4.79 Å². The minimum atomic E-state index is -0.360. The number of hydrogen-bond donors (Lipinski definition) is 2. The number of carbonyl (C=O) groups excluding carboxylic acids is 1. The second-order valence-corrected chi connectivity index (χ2v) is 4.55. The summed E-state index contributed by atoms with van der Waals surface area (Å²) in [6.45, 7) is 3.65. The van der Waals surface area contributed by atoms with E-state index in [1.54, 1.807) is 6.92 Å². The lowest BCUT2D eigenvalue weighted by Crippen LogP contribution is -2.13. The predicted molar refractivity (Wildman–Crippen MR) is 79.0 cm³/mol. The summed E-state index contributed by atoms with van der Waals surface area (Å²) in [6, 6.07) is 5.59. The molecule has 1 aromatic carbocycles. The summed E-state index contributed by atoms with van der Waals surface area (Å²) in [5.74, 6) is 5.60. The van der Waals surface area contributed by atoms with Crippen LogP contribution in [0.1, 0.15) is 33.8 Å². The van der Waals surface area contributed by atoms with Crippen molar-refractivity contribution in [3.05, 3.63) is 47.2 Å². The van der Waals surface area contributed by atoms with Crippen LogP contribution in [0.5, 0.6) is 0 Å². The van der Waals surface area contributed by atoms with Crippen LogP contribution in [0, 0.1) is 25.7 Å². The fraction of sp³-hybridized carbons (Fsp3) is 0.250. The number of aryl methyl sites for hydroxylation is 2. The summed E-state index contributed by atoms with van der Waals surface area (Å²) >= 11 is 0. The Labute approximate surface area is 123 Å². The van der Waals surface area contributed by atoms with Crippen LogP contribution in [-0.4, -0.2) is 22.6 Å². The quantitative estimate of drug-likeness (QED) is 0.848. The Balaban J connectivity index is 2.27. The number of benzene rings is 1. The molecule has 0 radical (unpaired) electrons. The van der Waals surface area contributed by atoms with Gasteiger partial charge < -0.3 is 14.8 Å². The molecule has 0 fully saturated rings. The van der Waals surface area contributed by atoms with Crippen LogP contribution in [0.2, 0.25) is 0 Å². The van der Waals surface area contributed by atoms with E-state index in [9.17, 15) is 4.79 Å². The number of rotatable bonds is 3. The highest BCUT2D eigenvalue weighted by molar-refractivity contribution is 6.03. The molecule has 0 saturated carbocycles. The zero-order valence-electron chi connectivity index (χ0n) is 11.9. The molecule has 2 rings (SSSR count). The minimum absolute atomic E-state index is 0.0117. The lowest BCUT2D eigenvalue weighted by Gasteiger charge is -2.07. The Morgan fingerprint density at radius 3 is 2.90 bits per heavy atom. The van der Waals surface area contributed by atoms with Crippen LogP contribution in [0.25, 0.3) is 0 Å². The molecule has 0 saturated heterocycles. The first-order chi connectivity index (χ1) is 10.1. The molecule has 5 nitrogen and oxygen atoms in total. The lowest BCUT2D eigenvalue weighted by atomic mass is 10.1. The summed E-state index contributed by atoms with van der Waals surface area (Å²) in [4.78, 5) is 16.1. The second kappa shape index (κ2) is 6.73. The third-order valence-corrected chi connectivity index (χ3v) is 2.83. The van der Waals surface area contributed by atoms with E-state index in [0.29, 0.717) is 23.4 Å². The monoisotopic (exact) mass is 284 g/mol. The number of anilines is 1. The Morgan fingerprint density at radius 1 is 1.43 bits per heavy atom. The van der Waals surface area contributed by atoms with Crippen LogP contribution in [0.3, 0.4) is 0 Å². The van der Waals surface area contributed by atoms with Gasteiger partial charge in [0.1, 0.15) is 0 Å². The SMILES string of the molecule is Cc1ccc(C#CCCO)c(NC(=O)c2ocnc2C)c1. The first-order valence-electron chi connectivity index (χ1n) is 6.53. The van der Waals surface area contributed by atoms with Crippen LogP contribution in [0.4, 0.5) is 5.69 Å². The molecule has 1 heterocycles. The highest BCUT2D eigenvalue weighted by atomic mass is 16.3. The van der Waals surface area contributed by atoms with Crippen molar-refractivity contribution in [1.29, 1.82) is 0 Å². The second-order valence-electron chi connectivity index (χ2n) is 4.55. The maximum absolute atomic E-state index is 12.2. The van der Waals surface area contributed by atoms with E-state index in [0.717, 1.165) is 5.56 Å². The van der Waals surface area contributed by atoms with Crippen molar-refractivity contribution in [2.75, 3.05) is 11.9 Å². The van der Waals surface area contributed by atoms with Gasteiger partial charge in [0.25, 0.3) is 5.91 Å². The normalized spacial score (nSPS) is 9.86. The molecule has 0 aliphatic heterocycles. The van der Waals surface area contributed by atoms with Gasteiger partial charge in [-0.15, -0.1) is 0 Å². The highest BCUT2D eigenvalue weighted by Crippen LogP contribution is 2.18. The Hall–Kier alpha value is -2.58. The number of carbonyl (C=O) groups is 1. The number of aromatic nitrogens is 1. The van der Waals surface area contributed by atoms with Crippen molar-refractivity contribution in [3.63, 3.8) is 0 Å². The molecule has 21 heavy (non-hydrogen) atoms. The summed E-state index contributed by atoms with van der Waals surface area (Å²) in [5.41, 5.74) is 2.85. The van der Waals surface area contributed by atoms with Gasteiger partial charge in [-0.05, 0) is 31.5 Å². The number of nitrogens with one attached hydrogen (secondary N) is 1. The number of amides is 1. The van der Waals surface area contributed by atoms with Gasteiger partial charge in [0.15, 0.2) is 6.39 Å². The summed E-state index contributed by atoms with van der Waals surface area (Å²) < 4.78 is 5.07. The average Bonchev–Trinajstić information content (AvgIpc) is 2.88. The number of aliphatic hydroxyl groups excluding tert-OH is 1. The number of oxazole rings is 1. The zero-order valence-corrected chi connectivity index (χ0v) is 11.9. The maximum Gasteiger partial charge on any atom is 0.293 e. The molecule has 0 atom stereocenters. The van der Waals surface area contributed by atoms with Gasteiger partial charge in [-0.2, -0.15) is 0 Å². The molecule has 108 valence electrons. The molecule has 0 bridgehead atoms. The molecule has 2 aromatic rings. The van der Waals surface area contributed by atoms with E-state index in [1.165, 1.54) is 6.39 Å². The lowest BCUT2D eigenvalue weighted by molar-refractivity contribution is 0.0996. The van der Waals surface area contributed by atoms with Gasteiger partial charge in [0.2, 0.25) is 5.76 Å². The standard InChI is InChI=1S/C16H16N2O3/c1-11-6-7-13(5-3-4-8-19)14(9-11)18-16(20)15-12(2)17-10-21-15/h6-7,9-10,19H,4,8H2,1-2H3,(H,18,20). The van der Waals surface area contributed by atoms with E-state index < -0.39 is 0 Å². The Bertz CT molecular complexity index is 708. The number of nitrogens with zero attached hydrogens (tertiary/aromatic N) is 1. The first-order valence-corrected chi connectivity index (χ1v) is 6.53. The fourth-order valence-electron chi connectivity index (χ4n) is 1.78. The topological polar surface area (TPSA) is 75.4 Å². The van der Waals surface area contributed by atoms with Crippen LogP contribution >= 0.6 is 0 Å². The third-order valence-electron chi connectivity index (χ3n) is 2.83. The van der Waals surface area contributed by atoms with Crippen LogP contribution in [0.15, 0.2) is 29.0 Å². The van der Waals surface area contributed by atoms with Gasteiger partial charge in [0, 0.05) is 12.0 Å². The van der Waals surface area contributed by atoms with E-state index in [2.05, 4.69) is 22.1 Å².